The molecule has 0 aromatic rings. The molecule has 0 aromatic carbocycles. The summed E-state index contributed by atoms with van der Waals surface area (Å²) in [5, 5.41) is -0.896. The van der Waals surface area contributed by atoms with E-state index in [9.17, 15) is 14.4 Å². The Morgan fingerprint density at radius 2 is 1.58 bits per heavy atom. The Morgan fingerprint density at radius 3 is 1.58 bits per heavy atom. The quantitative estimate of drug-likeness (QED) is 0.674. The van der Waals surface area contributed by atoms with Gasteiger partial charge in [0.05, 0.1) is 5.16 Å². The summed E-state index contributed by atoms with van der Waals surface area (Å²) in [6.45, 7) is 7.20. The molecule has 0 aliphatic heterocycles. The molecule has 4 heteroatoms. The smallest absolute Gasteiger partial charge is 0.324 e. The van der Waals surface area contributed by atoms with Crippen molar-refractivity contribution in [3.05, 3.63) is 5.92 Å². The van der Waals surface area contributed by atoms with Gasteiger partial charge in [-0.25, -0.2) is 0 Å². The van der Waals surface area contributed by atoms with E-state index < -0.39 is 12.8 Å². The summed E-state index contributed by atoms with van der Waals surface area (Å²) >= 11 is 0. The molecule has 0 rings (SSSR count). The molecule has 2 N–H and O–H groups in total. The highest BCUT2D eigenvalue weighted by molar-refractivity contribution is 7.53. The second-order valence-corrected chi connectivity index (χ2v) is 5.23. The molecular weight excluding hydrogens is 175 g/mol. The van der Waals surface area contributed by atoms with Crippen LogP contribution in [-0.2, 0) is 4.57 Å². The lowest BCUT2D eigenvalue weighted by atomic mass is 9.89. The Balaban J connectivity index is 4.97. The van der Waals surface area contributed by atoms with Crippen molar-refractivity contribution in [2.24, 2.45) is 0 Å². The average Bonchev–Trinajstić information content (AvgIpc) is 1.87. The van der Waals surface area contributed by atoms with Gasteiger partial charge in [-0.3, -0.25) is 4.57 Å². The SMILES string of the molecule is CCC(CC)([C](C)C)P(=O)(O)O. The van der Waals surface area contributed by atoms with Crippen LogP contribution in [0.25, 0.3) is 0 Å². The third-order valence-electron chi connectivity index (χ3n) is 2.66. The second kappa shape index (κ2) is 3.91. The fraction of sp³-hybridized carbons (Fsp3) is 0.875. The zero-order chi connectivity index (χ0) is 9.99. The first-order chi connectivity index (χ1) is 5.31. The summed E-state index contributed by atoms with van der Waals surface area (Å²) in [5.41, 5.74) is 0. The van der Waals surface area contributed by atoms with Gasteiger partial charge in [-0.1, -0.05) is 27.7 Å². The van der Waals surface area contributed by atoms with Crippen molar-refractivity contribution in [2.75, 3.05) is 0 Å². The highest BCUT2D eigenvalue weighted by atomic mass is 31.2. The molecule has 3 nitrogen and oxygen atoms in total. The number of rotatable bonds is 4. The van der Waals surface area contributed by atoms with E-state index >= 15 is 0 Å². The fourth-order valence-corrected chi connectivity index (χ4v) is 3.07. The van der Waals surface area contributed by atoms with Crippen LogP contribution >= 0.6 is 7.60 Å². The lowest BCUT2D eigenvalue weighted by molar-refractivity contribution is 0.318. The lowest BCUT2D eigenvalue weighted by Gasteiger charge is -2.35. The molecule has 0 unspecified atom stereocenters. The van der Waals surface area contributed by atoms with Gasteiger partial charge >= 0.3 is 7.60 Å². The van der Waals surface area contributed by atoms with Crippen LogP contribution in [0.2, 0.25) is 0 Å². The maximum absolute atomic E-state index is 11.2. The summed E-state index contributed by atoms with van der Waals surface area (Å²) in [6, 6.07) is 0. The molecule has 0 amide bonds. The largest absolute Gasteiger partial charge is 0.332 e. The van der Waals surface area contributed by atoms with Crippen LogP contribution < -0.4 is 0 Å². The molecule has 0 aliphatic carbocycles. The van der Waals surface area contributed by atoms with Crippen molar-refractivity contribution < 1.29 is 14.4 Å². The van der Waals surface area contributed by atoms with E-state index in [2.05, 4.69) is 0 Å². The van der Waals surface area contributed by atoms with E-state index in [1.807, 2.05) is 13.8 Å². The first kappa shape index (κ1) is 12.2. The summed E-state index contributed by atoms with van der Waals surface area (Å²) in [7, 11) is -4.00. The molecule has 0 bridgehead atoms. The number of hydrogen-bond acceptors (Lipinski definition) is 1. The topological polar surface area (TPSA) is 57.5 Å². The second-order valence-electron chi connectivity index (χ2n) is 3.28. The van der Waals surface area contributed by atoms with Crippen molar-refractivity contribution in [1.82, 2.24) is 0 Å². The van der Waals surface area contributed by atoms with Gasteiger partial charge in [0.2, 0.25) is 0 Å². The minimum Gasteiger partial charge on any atom is -0.324 e. The predicted molar refractivity (Wildman–Crippen MR) is 49.9 cm³/mol. The van der Waals surface area contributed by atoms with Crippen molar-refractivity contribution >= 4 is 7.60 Å². The van der Waals surface area contributed by atoms with Crippen LogP contribution in [-0.4, -0.2) is 14.9 Å². The molecule has 0 aliphatic rings. The maximum atomic E-state index is 11.2. The molecular formula is C8H18O3P. The van der Waals surface area contributed by atoms with E-state index in [0.717, 1.165) is 5.92 Å². The van der Waals surface area contributed by atoms with Gasteiger partial charge in [-0.15, -0.1) is 0 Å². The standard InChI is InChI=1S/C8H18O3P/c1-5-8(6-2,7(3)4)12(9,10)11/h5-6H2,1-4H3,(H2,9,10,11). The molecule has 1 radical (unpaired) electrons. The van der Waals surface area contributed by atoms with Crippen LogP contribution in [0.3, 0.4) is 0 Å². The Morgan fingerprint density at radius 1 is 1.25 bits per heavy atom. The van der Waals surface area contributed by atoms with Crippen LogP contribution in [0.5, 0.6) is 0 Å². The van der Waals surface area contributed by atoms with Gasteiger partial charge in [0.1, 0.15) is 0 Å². The summed E-state index contributed by atoms with van der Waals surface area (Å²) in [4.78, 5) is 18.4. The first-order valence-electron chi connectivity index (χ1n) is 4.18. The van der Waals surface area contributed by atoms with Gasteiger partial charge in [0.15, 0.2) is 0 Å². The summed E-state index contributed by atoms with van der Waals surface area (Å²) < 4.78 is 11.2. The summed E-state index contributed by atoms with van der Waals surface area (Å²) in [6.07, 6.45) is 0.992. The van der Waals surface area contributed by atoms with Gasteiger partial charge in [-0.05, 0) is 18.8 Å². The van der Waals surface area contributed by atoms with Crippen molar-refractivity contribution in [3.63, 3.8) is 0 Å². The molecule has 0 saturated heterocycles. The van der Waals surface area contributed by atoms with Crippen LogP contribution in [0.4, 0.5) is 0 Å². The Hall–Kier alpha value is 0.150. The summed E-state index contributed by atoms with van der Waals surface area (Å²) in [5.74, 6) is 0.820. The normalized spacial score (nSPS) is 13.9. The fourth-order valence-electron chi connectivity index (χ4n) is 1.66. The monoisotopic (exact) mass is 193 g/mol. The van der Waals surface area contributed by atoms with E-state index in [0.29, 0.717) is 12.8 Å². The lowest BCUT2D eigenvalue weighted by Crippen LogP contribution is -2.32. The van der Waals surface area contributed by atoms with Gasteiger partial charge < -0.3 is 9.79 Å². The highest BCUT2D eigenvalue weighted by Gasteiger charge is 2.46. The molecule has 0 atom stereocenters. The highest BCUT2D eigenvalue weighted by Crippen LogP contribution is 2.58. The molecule has 0 spiro atoms. The van der Waals surface area contributed by atoms with E-state index in [4.69, 9.17) is 0 Å². The molecule has 0 aromatic heterocycles. The third kappa shape index (κ3) is 1.90. The van der Waals surface area contributed by atoms with Crippen molar-refractivity contribution in [2.45, 2.75) is 45.7 Å². The van der Waals surface area contributed by atoms with Gasteiger partial charge in [0, 0.05) is 0 Å². The zero-order valence-electron chi connectivity index (χ0n) is 8.16. The van der Waals surface area contributed by atoms with Crippen molar-refractivity contribution in [3.8, 4) is 0 Å². The predicted octanol–water partition coefficient (Wildman–Crippen LogP) is 2.34. The number of hydrogen-bond donors (Lipinski definition) is 2. The van der Waals surface area contributed by atoms with Crippen LogP contribution in [0, 0.1) is 5.92 Å². The van der Waals surface area contributed by atoms with Crippen LogP contribution in [0.15, 0.2) is 0 Å². The Labute approximate surface area is 74.3 Å². The zero-order valence-corrected chi connectivity index (χ0v) is 9.06. The molecule has 73 valence electrons. The molecule has 0 saturated carbocycles. The Bertz CT molecular complexity index is 179. The molecule has 0 fully saturated rings. The Kier molecular flexibility index (Phi) is 3.95. The minimum absolute atomic E-state index is 0.496. The van der Waals surface area contributed by atoms with Gasteiger partial charge in [0.25, 0.3) is 0 Å². The third-order valence-corrected chi connectivity index (χ3v) is 4.85. The van der Waals surface area contributed by atoms with E-state index in [1.165, 1.54) is 0 Å². The van der Waals surface area contributed by atoms with E-state index in [1.54, 1.807) is 13.8 Å². The van der Waals surface area contributed by atoms with Crippen molar-refractivity contribution in [1.29, 1.82) is 0 Å². The van der Waals surface area contributed by atoms with Crippen LogP contribution in [0.1, 0.15) is 40.5 Å². The van der Waals surface area contributed by atoms with Gasteiger partial charge in [-0.2, -0.15) is 0 Å². The average molecular weight is 193 g/mol. The minimum atomic E-state index is -4.00. The molecule has 0 heterocycles. The first-order valence-corrected chi connectivity index (χ1v) is 5.79. The van der Waals surface area contributed by atoms with E-state index in [-0.39, 0.29) is 0 Å². The molecule has 12 heavy (non-hydrogen) atoms. The maximum Gasteiger partial charge on any atom is 0.332 e.